The number of rotatable bonds is 4. The van der Waals surface area contributed by atoms with E-state index in [1.165, 1.54) is 6.42 Å². The van der Waals surface area contributed by atoms with E-state index in [4.69, 9.17) is 4.42 Å². The lowest BCUT2D eigenvalue weighted by Gasteiger charge is -2.20. The maximum atomic E-state index is 5.44. The van der Waals surface area contributed by atoms with E-state index in [2.05, 4.69) is 32.5 Å². The molecule has 0 radical (unpaired) electrons. The summed E-state index contributed by atoms with van der Waals surface area (Å²) in [6.45, 7) is 6.32. The Morgan fingerprint density at radius 2 is 1.95 bits per heavy atom. The van der Waals surface area contributed by atoms with Crippen molar-refractivity contribution in [1.29, 1.82) is 0 Å². The van der Waals surface area contributed by atoms with E-state index in [0.29, 0.717) is 0 Å². The first-order valence-electron chi connectivity index (χ1n) is 7.24. The van der Waals surface area contributed by atoms with Gasteiger partial charge in [0.25, 0.3) is 0 Å². The van der Waals surface area contributed by atoms with Crippen molar-refractivity contribution in [2.24, 2.45) is 7.05 Å². The average Bonchev–Trinajstić information content (AvgIpc) is 3.02. The third-order valence-electron chi connectivity index (χ3n) is 3.93. The summed E-state index contributed by atoms with van der Waals surface area (Å²) in [5.41, 5.74) is 0. The maximum absolute atomic E-state index is 5.44. The van der Waals surface area contributed by atoms with Gasteiger partial charge in [-0.2, -0.15) is 0 Å². The predicted molar refractivity (Wildman–Crippen MR) is 77.1 cm³/mol. The first kappa shape index (κ1) is 13.4. The molecule has 0 aliphatic carbocycles. The molecule has 1 aliphatic heterocycles. The minimum atomic E-state index is 0.920. The molecule has 0 atom stereocenters. The molecule has 0 aromatic carbocycles. The van der Waals surface area contributed by atoms with Gasteiger partial charge in [0.15, 0.2) is 0 Å². The third-order valence-corrected chi connectivity index (χ3v) is 3.93. The zero-order chi connectivity index (χ0) is 13.8. The summed E-state index contributed by atoms with van der Waals surface area (Å²) < 4.78 is 7.54. The van der Waals surface area contributed by atoms with E-state index in [0.717, 1.165) is 50.9 Å². The quantitative estimate of drug-likeness (QED) is 0.851. The SMILES string of the molecule is Cn1ccnc1CN1CCCN(Cc2ccco2)CC1. The van der Waals surface area contributed by atoms with Crippen LogP contribution in [0.4, 0.5) is 0 Å². The Labute approximate surface area is 119 Å². The molecule has 3 rings (SSSR count). The molecule has 1 aliphatic rings. The molecule has 2 aromatic heterocycles. The van der Waals surface area contributed by atoms with E-state index in [1.54, 1.807) is 6.26 Å². The van der Waals surface area contributed by atoms with Gasteiger partial charge in [-0.25, -0.2) is 4.98 Å². The second-order valence-corrected chi connectivity index (χ2v) is 5.44. The van der Waals surface area contributed by atoms with Crippen LogP contribution in [0.15, 0.2) is 35.2 Å². The topological polar surface area (TPSA) is 37.4 Å². The Kier molecular flexibility index (Phi) is 4.18. The van der Waals surface area contributed by atoms with Crippen LogP contribution in [0.3, 0.4) is 0 Å². The van der Waals surface area contributed by atoms with Crippen molar-refractivity contribution in [2.75, 3.05) is 26.2 Å². The van der Waals surface area contributed by atoms with Crippen molar-refractivity contribution in [3.8, 4) is 0 Å². The smallest absolute Gasteiger partial charge is 0.122 e. The molecule has 108 valence electrons. The fourth-order valence-corrected chi connectivity index (χ4v) is 2.71. The van der Waals surface area contributed by atoms with Crippen LogP contribution in [0.2, 0.25) is 0 Å². The molecular weight excluding hydrogens is 252 g/mol. The maximum Gasteiger partial charge on any atom is 0.122 e. The lowest BCUT2D eigenvalue weighted by Crippen LogP contribution is -2.30. The van der Waals surface area contributed by atoms with Gasteiger partial charge in [0.1, 0.15) is 11.6 Å². The van der Waals surface area contributed by atoms with Gasteiger partial charge in [-0.1, -0.05) is 0 Å². The number of aryl methyl sites for hydroxylation is 1. The highest BCUT2D eigenvalue weighted by molar-refractivity contribution is 4.98. The molecule has 2 aromatic rings. The molecule has 1 fully saturated rings. The Hall–Kier alpha value is -1.59. The van der Waals surface area contributed by atoms with Crippen molar-refractivity contribution >= 4 is 0 Å². The van der Waals surface area contributed by atoms with Crippen LogP contribution in [-0.2, 0) is 20.1 Å². The van der Waals surface area contributed by atoms with Gasteiger partial charge in [0, 0.05) is 32.5 Å². The summed E-state index contributed by atoms with van der Waals surface area (Å²) in [7, 11) is 2.06. The third kappa shape index (κ3) is 3.29. The van der Waals surface area contributed by atoms with Gasteiger partial charge in [0.05, 0.1) is 19.4 Å². The van der Waals surface area contributed by atoms with E-state index < -0.39 is 0 Å². The van der Waals surface area contributed by atoms with Crippen LogP contribution in [0, 0.1) is 0 Å². The first-order valence-corrected chi connectivity index (χ1v) is 7.24. The number of hydrogen-bond acceptors (Lipinski definition) is 4. The molecule has 0 saturated carbocycles. The number of nitrogens with zero attached hydrogens (tertiary/aromatic N) is 4. The van der Waals surface area contributed by atoms with Crippen LogP contribution in [0.25, 0.3) is 0 Å². The Morgan fingerprint density at radius 1 is 1.15 bits per heavy atom. The van der Waals surface area contributed by atoms with Gasteiger partial charge in [-0.15, -0.1) is 0 Å². The highest BCUT2D eigenvalue weighted by atomic mass is 16.3. The fourth-order valence-electron chi connectivity index (χ4n) is 2.71. The van der Waals surface area contributed by atoms with Crippen molar-refractivity contribution in [3.63, 3.8) is 0 Å². The molecule has 0 unspecified atom stereocenters. The molecule has 0 amide bonds. The highest BCUT2D eigenvalue weighted by Crippen LogP contribution is 2.11. The predicted octanol–water partition coefficient (Wildman–Crippen LogP) is 1.72. The van der Waals surface area contributed by atoms with Crippen LogP contribution in [0.5, 0.6) is 0 Å². The van der Waals surface area contributed by atoms with Crippen molar-refractivity contribution < 1.29 is 4.42 Å². The molecule has 5 nitrogen and oxygen atoms in total. The number of hydrogen-bond donors (Lipinski definition) is 0. The molecule has 0 spiro atoms. The number of imidazole rings is 1. The van der Waals surface area contributed by atoms with Gasteiger partial charge < -0.3 is 8.98 Å². The van der Waals surface area contributed by atoms with Crippen molar-refractivity contribution in [3.05, 3.63) is 42.4 Å². The van der Waals surface area contributed by atoms with Crippen LogP contribution in [-0.4, -0.2) is 45.5 Å². The molecule has 0 bridgehead atoms. The van der Waals surface area contributed by atoms with Gasteiger partial charge >= 0.3 is 0 Å². The van der Waals surface area contributed by atoms with Crippen molar-refractivity contribution in [2.45, 2.75) is 19.5 Å². The lowest BCUT2D eigenvalue weighted by atomic mass is 10.3. The van der Waals surface area contributed by atoms with Gasteiger partial charge in [0.2, 0.25) is 0 Å². The molecule has 3 heterocycles. The van der Waals surface area contributed by atoms with Crippen LogP contribution in [0.1, 0.15) is 18.0 Å². The number of furan rings is 1. The normalized spacial score (nSPS) is 18.2. The summed E-state index contributed by atoms with van der Waals surface area (Å²) >= 11 is 0. The largest absolute Gasteiger partial charge is 0.468 e. The van der Waals surface area contributed by atoms with Gasteiger partial charge in [-0.05, 0) is 31.6 Å². The minimum absolute atomic E-state index is 0.920. The van der Waals surface area contributed by atoms with E-state index >= 15 is 0 Å². The number of aromatic nitrogens is 2. The fraction of sp³-hybridized carbons (Fsp3) is 0.533. The molecule has 1 saturated heterocycles. The zero-order valence-corrected chi connectivity index (χ0v) is 12.0. The molecule has 20 heavy (non-hydrogen) atoms. The second-order valence-electron chi connectivity index (χ2n) is 5.44. The highest BCUT2D eigenvalue weighted by Gasteiger charge is 2.16. The Balaban J connectivity index is 1.53. The first-order chi connectivity index (χ1) is 9.81. The standard InChI is InChI=1S/C15H22N4O/c1-17-8-5-16-15(17)13-19-7-3-6-18(9-10-19)12-14-4-2-11-20-14/h2,4-5,8,11H,3,6-7,9-10,12-13H2,1H3. The summed E-state index contributed by atoms with van der Waals surface area (Å²) in [6.07, 6.45) is 6.83. The summed E-state index contributed by atoms with van der Waals surface area (Å²) in [5.74, 6) is 2.20. The van der Waals surface area contributed by atoms with Crippen molar-refractivity contribution in [1.82, 2.24) is 19.4 Å². The summed E-state index contributed by atoms with van der Waals surface area (Å²) in [6, 6.07) is 4.01. The van der Waals surface area contributed by atoms with Crippen LogP contribution < -0.4 is 0 Å². The van der Waals surface area contributed by atoms with Crippen LogP contribution >= 0.6 is 0 Å². The molecule has 5 heteroatoms. The second kappa shape index (κ2) is 6.24. The summed E-state index contributed by atoms with van der Waals surface area (Å²) in [4.78, 5) is 9.37. The summed E-state index contributed by atoms with van der Waals surface area (Å²) in [5, 5.41) is 0. The van der Waals surface area contributed by atoms with Gasteiger partial charge in [-0.3, -0.25) is 9.80 Å². The van der Waals surface area contributed by atoms with E-state index in [1.807, 2.05) is 18.5 Å². The Bertz CT molecular complexity index is 520. The van der Waals surface area contributed by atoms with E-state index in [-0.39, 0.29) is 0 Å². The molecule has 0 N–H and O–H groups in total. The molecular formula is C15H22N4O. The minimum Gasteiger partial charge on any atom is -0.468 e. The average molecular weight is 274 g/mol. The lowest BCUT2D eigenvalue weighted by molar-refractivity contribution is 0.231. The van der Waals surface area contributed by atoms with E-state index in [9.17, 15) is 0 Å². The zero-order valence-electron chi connectivity index (χ0n) is 12.0. The Morgan fingerprint density at radius 3 is 2.60 bits per heavy atom. The monoisotopic (exact) mass is 274 g/mol.